The van der Waals surface area contributed by atoms with Crippen molar-refractivity contribution in [1.29, 1.82) is 0 Å². The van der Waals surface area contributed by atoms with Gasteiger partial charge in [0.15, 0.2) is 0 Å². The van der Waals surface area contributed by atoms with Crippen LogP contribution in [0.5, 0.6) is 0 Å². The molecule has 5 heteroatoms. The Kier molecular flexibility index (Phi) is 5.59. The van der Waals surface area contributed by atoms with Crippen molar-refractivity contribution < 1.29 is 19.4 Å². The van der Waals surface area contributed by atoms with Crippen molar-refractivity contribution in [2.24, 2.45) is 5.92 Å². The molecule has 1 fully saturated rings. The van der Waals surface area contributed by atoms with Crippen LogP contribution in [0, 0.1) is 5.92 Å². The number of carboxylic acid groups (broad SMARTS) is 1. The van der Waals surface area contributed by atoms with Crippen molar-refractivity contribution in [2.45, 2.75) is 51.5 Å². The van der Waals surface area contributed by atoms with Crippen molar-refractivity contribution in [2.75, 3.05) is 13.2 Å². The summed E-state index contributed by atoms with van der Waals surface area (Å²) in [5, 5.41) is 12.0. The van der Waals surface area contributed by atoms with Crippen LogP contribution in [0.2, 0.25) is 0 Å². The highest BCUT2D eigenvalue weighted by molar-refractivity contribution is 5.87. The van der Waals surface area contributed by atoms with E-state index in [0.29, 0.717) is 38.4 Å². The number of hydrogen-bond acceptors (Lipinski definition) is 3. The summed E-state index contributed by atoms with van der Waals surface area (Å²) in [4.78, 5) is 23.2. The molecule has 18 heavy (non-hydrogen) atoms. The molecule has 5 nitrogen and oxygen atoms in total. The van der Waals surface area contributed by atoms with Crippen LogP contribution in [0.25, 0.3) is 0 Å². The van der Waals surface area contributed by atoms with E-state index < -0.39 is 11.5 Å². The lowest BCUT2D eigenvalue weighted by Gasteiger charge is -2.34. The van der Waals surface area contributed by atoms with Gasteiger partial charge in [-0.1, -0.05) is 26.7 Å². The zero-order valence-corrected chi connectivity index (χ0v) is 11.2. The fourth-order valence-corrected chi connectivity index (χ4v) is 2.34. The number of rotatable bonds is 6. The molecule has 0 saturated carbocycles. The predicted molar refractivity (Wildman–Crippen MR) is 67.3 cm³/mol. The zero-order chi connectivity index (χ0) is 13.6. The summed E-state index contributed by atoms with van der Waals surface area (Å²) in [7, 11) is 0. The van der Waals surface area contributed by atoms with Crippen LogP contribution in [0.4, 0.5) is 0 Å². The van der Waals surface area contributed by atoms with Crippen molar-refractivity contribution in [3.05, 3.63) is 0 Å². The summed E-state index contributed by atoms with van der Waals surface area (Å²) >= 11 is 0. The summed E-state index contributed by atoms with van der Waals surface area (Å²) in [5.74, 6) is -0.830. The molecular formula is C13H23NO4. The van der Waals surface area contributed by atoms with E-state index in [1.54, 1.807) is 0 Å². The number of nitrogens with one attached hydrogen (secondary N) is 1. The fraction of sp³-hybridized carbons (Fsp3) is 0.846. The molecule has 2 N–H and O–H groups in total. The molecule has 1 amide bonds. The van der Waals surface area contributed by atoms with E-state index in [-0.39, 0.29) is 5.91 Å². The maximum Gasteiger partial charge on any atom is 0.329 e. The number of aliphatic carboxylic acids is 1. The number of carboxylic acids is 1. The van der Waals surface area contributed by atoms with Gasteiger partial charge in [-0.15, -0.1) is 0 Å². The molecule has 1 atom stereocenters. The second kappa shape index (κ2) is 6.73. The van der Waals surface area contributed by atoms with Crippen LogP contribution < -0.4 is 5.32 Å². The summed E-state index contributed by atoms with van der Waals surface area (Å²) in [6, 6.07) is 0. The average Bonchev–Trinajstić information content (AvgIpc) is 2.29. The lowest BCUT2D eigenvalue weighted by Crippen LogP contribution is -2.57. The van der Waals surface area contributed by atoms with Crippen LogP contribution >= 0.6 is 0 Å². The third kappa shape index (κ3) is 3.98. The molecule has 1 heterocycles. The van der Waals surface area contributed by atoms with E-state index >= 15 is 0 Å². The Hall–Kier alpha value is -1.10. The Bertz CT molecular complexity index is 297. The third-order valence-electron chi connectivity index (χ3n) is 3.45. The molecule has 1 saturated heterocycles. The lowest BCUT2D eigenvalue weighted by atomic mass is 9.89. The van der Waals surface area contributed by atoms with E-state index in [1.165, 1.54) is 0 Å². The van der Waals surface area contributed by atoms with E-state index in [9.17, 15) is 14.7 Å². The zero-order valence-electron chi connectivity index (χ0n) is 11.2. The van der Waals surface area contributed by atoms with Gasteiger partial charge in [0, 0.05) is 32.5 Å². The molecule has 1 aliphatic heterocycles. The van der Waals surface area contributed by atoms with E-state index in [0.717, 1.165) is 12.8 Å². The maximum absolute atomic E-state index is 11.9. The lowest BCUT2D eigenvalue weighted by molar-refractivity contribution is -0.152. The number of amides is 1. The molecule has 1 unspecified atom stereocenters. The second-order valence-electron chi connectivity index (χ2n) is 5.15. The molecule has 0 aromatic heterocycles. The number of hydrogen-bond donors (Lipinski definition) is 2. The Morgan fingerprint density at radius 2 is 2.00 bits per heavy atom. The average molecular weight is 257 g/mol. The Morgan fingerprint density at radius 1 is 1.39 bits per heavy atom. The maximum atomic E-state index is 11.9. The highest BCUT2D eigenvalue weighted by Crippen LogP contribution is 2.22. The normalized spacial score (nSPS) is 20.1. The first kappa shape index (κ1) is 15.0. The standard InChI is InChI=1S/C13H23NO4/c1-3-4-10(2)9-11(15)14-13(12(16)17)5-7-18-8-6-13/h10H,3-9H2,1-2H3,(H,14,15)(H,16,17). The molecule has 0 aromatic carbocycles. The smallest absolute Gasteiger partial charge is 0.329 e. The fourth-order valence-electron chi connectivity index (χ4n) is 2.34. The number of carbonyl (C=O) groups is 2. The van der Waals surface area contributed by atoms with E-state index in [2.05, 4.69) is 12.2 Å². The molecule has 0 aliphatic carbocycles. The predicted octanol–water partition coefficient (Wildman–Crippen LogP) is 1.56. The van der Waals surface area contributed by atoms with Gasteiger partial charge in [-0.2, -0.15) is 0 Å². The second-order valence-corrected chi connectivity index (χ2v) is 5.15. The molecule has 1 rings (SSSR count). The molecule has 104 valence electrons. The van der Waals surface area contributed by atoms with Gasteiger partial charge >= 0.3 is 5.97 Å². The summed E-state index contributed by atoms with van der Waals surface area (Å²) in [6.07, 6.45) is 3.10. The minimum Gasteiger partial charge on any atom is -0.480 e. The summed E-state index contributed by atoms with van der Waals surface area (Å²) in [6.45, 7) is 4.86. The molecule has 0 bridgehead atoms. The van der Waals surface area contributed by atoms with Gasteiger partial charge in [-0.05, 0) is 5.92 Å². The van der Waals surface area contributed by atoms with E-state index in [4.69, 9.17) is 4.74 Å². The first-order chi connectivity index (χ1) is 8.50. The number of ether oxygens (including phenoxy) is 1. The van der Waals surface area contributed by atoms with Crippen LogP contribution in [-0.4, -0.2) is 35.7 Å². The van der Waals surface area contributed by atoms with Crippen LogP contribution in [-0.2, 0) is 14.3 Å². The van der Waals surface area contributed by atoms with Gasteiger partial charge in [0.1, 0.15) is 5.54 Å². The van der Waals surface area contributed by atoms with Gasteiger partial charge in [0.05, 0.1) is 0 Å². The highest BCUT2D eigenvalue weighted by atomic mass is 16.5. The van der Waals surface area contributed by atoms with Crippen LogP contribution in [0.15, 0.2) is 0 Å². The molecule has 0 radical (unpaired) electrons. The van der Waals surface area contributed by atoms with Gasteiger partial charge in [-0.25, -0.2) is 4.79 Å². The third-order valence-corrected chi connectivity index (χ3v) is 3.45. The van der Waals surface area contributed by atoms with Crippen molar-refractivity contribution in [3.8, 4) is 0 Å². The topological polar surface area (TPSA) is 75.6 Å². The SMILES string of the molecule is CCCC(C)CC(=O)NC1(C(=O)O)CCOCC1. The van der Waals surface area contributed by atoms with Gasteiger partial charge in [0.2, 0.25) is 5.91 Å². The van der Waals surface area contributed by atoms with Crippen molar-refractivity contribution in [3.63, 3.8) is 0 Å². The van der Waals surface area contributed by atoms with Gasteiger partial charge < -0.3 is 15.2 Å². The number of carbonyl (C=O) groups excluding carboxylic acids is 1. The first-order valence-corrected chi connectivity index (χ1v) is 6.62. The van der Waals surface area contributed by atoms with Gasteiger partial charge in [-0.3, -0.25) is 4.79 Å². The Balaban J connectivity index is 2.55. The Labute approximate surface area is 108 Å². The quantitative estimate of drug-likeness (QED) is 0.757. The molecule has 1 aliphatic rings. The van der Waals surface area contributed by atoms with Crippen molar-refractivity contribution >= 4 is 11.9 Å². The monoisotopic (exact) mass is 257 g/mol. The summed E-state index contributed by atoms with van der Waals surface area (Å²) < 4.78 is 5.16. The van der Waals surface area contributed by atoms with Crippen LogP contribution in [0.1, 0.15) is 46.0 Å². The van der Waals surface area contributed by atoms with Crippen molar-refractivity contribution in [1.82, 2.24) is 5.32 Å². The largest absolute Gasteiger partial charge is 0.480 e. The molecule has 0 spiro atoms. The summed E-state index contributed by atoms with van der Waals surface area (Å²) in [5.41, 5.74) is -1.12. The minimum atomic E-state index is -1.12. The highest BCUT2D eigenvalue weighted by Gasteiger charge is 2.41. The van der Waals surface area contributed by atoms with Gasteiger partial charge in [0.25, 0.3) is 0 Å². The Morgan fingerprint density at radius 3 is 2.50 bits per heavy atom. The minimum absolute atomic E-state index is 0.166. The first-order valence-electron chi connectivity index (χ1n) is 6.62. The van der Waals surface area contributed by atoms with E-state index in [1.807, 2.05) is 6.92 Å². The molecular weight excluding hydrogens is 234 g/mol. The molecule has 0 aromatic rings. The van der Waals surface area contributed by atoms with Crippen LogP contribution in [0.3, 0.4) is 0 Å².